The Morgan fingerprint density at radius 1 is 1.15 bits per heavy atom. The second kappa shape index (κ2) is 6.97. The van der Waals surface area contributed by atoms with Crippen molar-refractivity contribution in [2.45, 2.75) is 50.4 Å². The number of hydrogen-bond donors (Lipinski definition) is 1. The van der Waals surface area contributed by atoms with Gasteiger partial charge in [-0.05, 0) is 38.2 Å². The van der Waals surface area contributed by atoms with E-state index in [1.165, 1.54) is 17.5 Å². The zero-order chi connectivity index (χ0) is 18.3. The number of benzene rings is 1. The van der Waals surface area contributed by atoms with E-state index in [0.717, 1.165) is 19.4 Å². The van der Waals surface area contributed by atoms with Crippen LogP contribution in [0.4, 0.5) is 0 Å². The Hall–Kier alpha value is -1.40. The molecule has 1 aromatic rings. The van der Waals surface area contributed by atoms with Crippen LogP contribution >= 0.6 is 0 Å². The molecule has 26 heavy (non-hydrogen) atoms. The standard InChI is InChI=1S/C20H28N2O3S/c1-14-5-7-15(8-6-14)11-22-12-18-17(20(23)21-16-3-2-4-16)9-10-26(24,25)19(18)13-22/h5-8,16-19H,2-4,9-13H2,1H3,(H,21,23)/t17-,18+,19+/m0/s1. The lowest BCUT2D eigenvalue weighted by Gasteiger charge is -2.34. The average Bonchev–Trinajstić information content (AvgIpc) is 2.98. The van der Waals surface area contributed by atoms with E-state index in [1.807, 2.05) is 0 Å². The Morgan fingerprint density at radius 2 is 1.88 bits per heavy atom. The molecule has 1 aliphatic carbocycles. The van der Waals surface area contributed by atoms with Crippen LogP contribution in [0.2, 0.25) is 0 Å². The summed E-state index contributed by atoms with van der Waals surface area (Å²) in [7, 11) is -3.10. The van der Waals surface area contributed by atoms with Crippen molar-refractivity contribution in [2.24, 2.45) is 11.8 Å². The Labute approximate surface area is 156 Å². The first kappa shape index (κ1) is 18.0. The Bertz CT molecular complexity index is 771. The molecule has 0 spiro atoms. The van der Waals surface area contributed by atoms with Crippen molar-refractivity contribution in [3.8, 4) is 0 Å². The number of rotatable bonds is 4. The van der Waals surface area contributed by atoms with Gasteiger partial charge in [-0.25, -0.2) is 8.42 Å². The van der Waals surface area contributed by atoms with Crippen LogP contribution in [-0.2, 0) is 21.2 Å². The molecule has 4 rings (SSSR count). The lowest BCUT2D eigenvalue weighted by molar-refractivity contribution is -0.128. The highest BCUT2D eigenvalue weighted by Crippen LogP contribution is 2.38. The molecule has 2 aliphatic heterocycles. The van der Waals surface area contributed by atoms with Crippen molar-refractivity contribution < 1.29 is 13.2 Å². The first-order valence-electron chi connectivity index (χ1n) is 9.72. The summed E-state index contributed by atoms with van der Waals surface area (Å²) >= 11 is 0. The van der Waals surface area contributed by atoms with Crippen LogP contribution in [0.25, 0.3) is 0 Å². The van der Waals surface area contributed by atoms with E-state index < -0.39 is 9.84 Å². The fourth-order valence-electron chi connectivity index (χ4n) is 4.57. The predicted octanol–water partition coefficient (Wildman–Crippen LogP) is 1.90. The zero-order valence-corrected chi connectivity index (χ0v) is 16.2. The van der Waals surface area contributed by atoms with Crippen molar-refractivity contribution in [1.82, 2.24) is 10.2 Å². The van der Waals surface area contributed by atoms with E-state index in [4.69, 9.17) is 0 Å². The molecule has 142 valence electrons. The van der Waals surface area contributed by atoms with Crippen molar-refractivity contribution in [1.29, 1.82) is 0 Å². The van der Waals surface area contributed by atoms with Crippen molar-refractivity contribution in [3.63, 3.8) is 0 Å². The van der Waals surface area contributed by atoms with Gasteiger partial charge in [-0.15, -0.1) is 0 Å². The van der Waals surface area contributed by atoms with Crippen LogP contribution in [0.5, 0.6) is 0 Å². The SMILES string of the molecule is Cc1ccc(CN2C[C@@H]3[C@@H](C(=O)NC4CCC4)CCS(=O)(=O)[C@@H]3C2)cc1. The number of amides is 1. The van der Waals surface area contributed by atoms with Crippen molar-refractivity contribution >= 4 is 15.7 Å². The predicted molar refractivity (Wildman–Crippen MR) is 101 cm³/mol. The molecular weight excluding hydrogens is 348 g/mol. The van der Waals surface area contributed by atoms with Crippen molar-refractivity contribution in [2.75, 3.05) is 18.8 Å². The number of fused-ring (bicyclic) bond motifs is 1. The smallest absolute Gasteiger partial charge is 0.223 e. The first-order valence-corrected chi connectivity index (χ1v) is 11.4. The topological polar surface area (TPSA) is 66.5 Å². The number of sulfone groups is 1. The number of nitrogens with one attached hydrogen (secondary N) is 1. The largest absolute Gasteiger partial charge is 0.353 e. The number of aryl methyl sites for hydroxylation is 1. The lowest BCUT2D eigenvalue weighted by Crippen LogP contribution is -2.50. The summed E-state index contributed by atoms with van der Waals surface area (Å²) in [6.45, 7) is 4.06. The second-order valence-electron chi connectivity index (χ2n) is 8.28. The third-order valence-electron chi connectivity index (χ3n) is 6.39. The maximum absolute atomic E-state index is 12.7. The van der Waals surface area contributed by atoms with Gasteiger partial charge in [-0.1, -0.05) is 29.8 Å². The van der Waals surface area contributed by atoms with Gasteiger partial charge in [-0.2, -0.15) is 0 Å². The van der Waals surface area contributed by atoms with Crippen LogP contribution in [0.15, 0.2) is 24.3 Å². The van der Waals surface area contributed by atoms with Gasteiger partial charge in [0.1, 0.15) is 0 Å². The van der Waals surface area contributed by atoms with Crippen LogP contribution in [-0.4, -0.2) is 49.4 Å². The summed E-state index contributed by atoms with van der Waals surface area (Å²) in [6, 6.07) is 8.69. The van der Waals surface area contributed by atoms with Gasteiger partial charge in [0.15, 0.2) is 9.84 Å². The molecule has 2 saturated heterocycles. The van der Waals surface area contributed by atoms with E-state index in [9.17, 15) is 13.2 Å². The molecule has 0 aromatic heterocycles. The summed E-state index contributed by atoms with van der Waals surface area (Å²) in [5.41, 5.74) is 2.42. The van der Waals surface area contributed by atoms with Crippen molar-refractivity contribution in [3.05, 3.63) is 35.4 Å². The summed E-state index contributed by atoms with van der Waals surface area (Å²) in [6.07, 6.45) is 3.77. The minimum absolute atomic E-state index is 0.0701. The summed E-state index contributed by atoms with van der Waals surface area (Å²) in [4.78, 5) is 14.9. The van der Waals surface area contributed by atoms with Gasteiger partial charge < -0.3 is 5.32 Å². The van der Waals surface area contributed by atoms with Crippen LogP contribution in [0, 0.1) is 18.8 Å². The highest BCUT2D eigenvalue weighted by atomic mass is 32.2. The quantitative estimate of drug-likeness (QED) is 0.872. The van der Waals surface area contributed by atoms with E-state index in [0.29, 0.717) is 25.6 Å². The molecule has 1 amide bonds. The maximum Gasteiger partial charge on any atom is 0.223 e. The molecule has 1 N–H and O–H groups in total. The summed E-state index contributed by atoms with van der Waals surface area (Å²) < 4.78 is 25.2. The van der Waals surface area contributed by atoms with E-state index in [2.05, 4.69) is 41.4 Å². The number of likely N-dealkylation sites (tertiary alicyclic amines) is 1. The molecule has 6 heteroatoms. The lowest BCUT2D eigenvalue weighted by atomic mass is 9.86. The van der Waals surface area contributed by atoms with Crippen LogP contribution in [0.3, 0.4) is 0 Å². The monoisotopic (exact) mass is 376 g/mol. The molecule has 3 aliphatic rings. The van der Waals surface area contributed by atoms with E-state index in [-0.39, 0.29) is 28.7 Å². The maximum atomic E-state index is 12.7. The molecule has 5 nitrogen and oxygen atoms in total. The molecule has 1 aromatic carbocycles. The highest BCUT2D eigenvalue weighted by Gasteiger charge is 2.50. The van der Waals surface area contributed by atoms with Gasteiger partial charge in [0.05, 0.1) is 11.0 Å². The number of carbonyl (C=O) groups excluding carboxylic acids is 1. The summed E-state index contributed by atoms with van der Waals surface area (Å²) in [5.74, 6) is -0.00170. The molecule has 0 radical (unpaired) electrons. The Kier molecular flexibility index (Phi) is 4.82. The fraction of sp³-hybridized carbons (Fsp3) is 0.650. The molecule has 0 bridgehead atoms. The molecular formula is C20H28N2O3S. The van der Waals surface area contributed by atoms with Gasteiger partial charge in [0.2, 0.25) is 5.91 Å². The van der Waals surface area contributed by atoms with Gasteiger partial charge in [0, 0.05) is 37.5 Å². The van der Waals surface area contributed by atoms with Crippen LogP contribution < -0.4 is 5.32 Å². The number of nitrogens with zero attached hydrogens (tertiary/aromatic N) is 1. The van der Waals surface area contributed by atoms with E-state index in [1.54, 1.807) is 0 Å². The number of hydrogen-bond acceptors (Lipinski definition) is 4. The first-order chi connectivity index (χ1) is 12.4. The normalized spacial score (nSPS) is 31.2. The summed E-state index contributed by atoms with van der Waals surface area (Å²) in [5, 5.41) is 2.75. The van der Waals surface area contributed by atoms with Gasteiger partial charge >= 0.3 is 0 Å². The molecule has 0 unspecified atom stereocenters. The minimum atomic E-state index is -3.10. The fourth-order valence-corrected chi connectivity index (χ4v) is 6.70. The molecule has 1 saturated carbocycles. The highest BCUT2D eigenvalue weighted by molar-refractivity contribution is 7.92. The van der Waals surface area contributed by atoms with Crippen LogP contribution in [0.1, 0.15) is 36.8 Å². The van der Waals surface area contributed by atoms with Gasteiger partial charge in [0.25, 0.3) is 0 Å². The average molecular weight is 377 g/mol. The Morgan fingerprint density at radius 3 is 2.54 bits per heavy atom. The molecule has 3 fully saturated rings. The minimum Gasteiger partial charge on any atom is -0.353 e. The molecule has 2 heterocycles. The molecule has 3 atom stereocenters. The third kappa shape index (κ3) is 3.54. The number of carbonyl (C=O) groups is 1. The zero-order valence-electron chi connectivity index (χ0n) is 15.4. The Balaban J connectivity index is 1.47. The second-order valence-corrected chi connectivity index (χ2v) is 10.6. The third-order valence-corrected chi connectivity index (χ3v) is 8.62. The van der Waals surface area contributed by atoms with Gasteiger partial charge in [-0.3, -0.25) is 9.69 Å². The van der Waals surface area contributed by atoms with E-state index >= 15 is 0 Å².